The van der Waals surface area contributed by atoms with Crippen LogP contribution in [0, 0.1) is 10.1 Å². The van der Waals surface area contributed by atoms with E-state index < -0.39 is 22.0 Å². The molecular formula is C21H16N4O5S. The van der Waals surface area contributed by atoms with Gasteiger partial charge in [0, 0.05) is 34.8 Å². The Balaban J connectivity index is 1.64. The lowest BCUT2D eigenvalue weighted by atomic mass is 10.1. The average molecular weight is 436 g/mol. The first-order chi connectivity index (χ1) is 14.8. The number of fused-ring (bicyclic) bond motifs is 1. The van der Waals surface area contributed by atoms with Crippen LogP contribution in [0.1, 0.15) is 11.1 Å². The van der Waals surface area contributed by atoms with Crippen molar-refractivity contribution in [2.24, 2.45) is 5.73 Å². The Bertz CT molecular complexity index is 1280. The smallest absolute Gasteiger partial charge is 0.293 e. The maximum absolute atomic E-state index is 12.9. The standard InChI is InChI=1S/C21H16N4O5S/c22-19(26)12-23-11-14(16-6-1-2-7-17(16)23)9-18-20(27)24(21(28)31-18)10-13-4-3-5-15(8-13)25(29)30/h1-9,11H,10,12H2,(H2,22,26)/b18-9-. The van der Waals surface area contributed by atoms with E-state index in [4.69, 9.17) is 5.73 Å². The Morgan fingerprint density at radius 2 is 1.94 bits per heavy atom. The highest BCUT2D eigenvalue weighted by Gasteiger charge is 2.35. The number of nitro groups is 1. The SMILES string of the molecule is NC(=O)Cn1cc(/C=C2\SC(=O)N(Cc3cccc([N+](=O)[O-])c3)C2=O)c2ccccc21. The molecule has 0 unspecified atom stereocenters. The van der Waals surface area contributed by atoms with Crippen LogP contribution in [0.3, 0.4) is 0 Å². The molecular weight excluding hydrogens is 420 g/mol. The highest BCUT2D eigenvalue weighted by Crippen LogP contribution is 2.35. The lowest BCUT2D eigenvalue weighted by molar-refractivity contribution is -0.384. The van der Waals surface area contributed by atoms with Crippen molar-refractivity contribution in [2.45, 2.75) is 13.1 Å². The van der Waals surface area contributed by atoms with Crippen LogP contribution in [-0.2, 0) is 22.7 Å². The summed E-state index contributed by atoms with van der Waals surface area (Å²) >= 11 is 0.802. The summed E-state index contributed by atoms with van der Waals surface area (Å²) in [6, 6.07) is 13.2. The Hall–Kier alpha value is -3.92. The summed E-state index contributed by atoms with van der Waals surface area (Å²) in [5, 5.41) is 11.3. The molecule has 10 heteroatoms. The van der Waals surface area contributed by atoms with Crippen LogP contribution in [0.5, 0.6) is 0 Å². The molecule has 4 rings (SSSR count). The maximum Gasteiger partial charge on any atom is 0.293 e. The van der Waals surface area contributed by atoms with Crippen molar-refractivity contribution in [3.63, 3.8) is 0 Å². The lowest BCUT2D eigenvalue weighted by Gasteiger charge is -2.12. The molecule has 0 saturated carbocycles. The fourth-order valence-corrected chi connectivity index (χ4v) is 4.25. The number of nitrogens with zero attached hydrogens (tertiary/aromatic N) is 3. The van der Waals surface area contributed by atoms with E-state index in [-0.39, 0.29) is 23.7 Å². The molecule has 31 heavy (non-hydrogen) atoms. The van der Waals surface area contributed by atoms with E-state index in [1.54, 1.807) is 22.9 Å². The van der Waals surface area contributed by atoms with Gasteiger partial charge in [-0.05, 0) is 29.5 Å². The number of rotatable bonds is 6. The molecule has 1 aromatic heterocycles. The van der Waals surface area contributed by atoms with Gasteiger partial charge >= 0.3 is 0 Å². The van der Waals surface area contributed by atoms with Crippen molar-refractivity contribution in [2.75, 3.05) is 0 Å². The van der Waals surface area contributed by atoms with Crippen molar-refractivity contribution in [1.29, 1.82) is 0 Å². The van der Waals surface area contributed by atoms with Crippen molar-refractivity contribution in [3.05, 3.63) is 80.9 Å². The fourth-order valence-electron chi connectivity index (χ4n) is 3.42. The van der Waals surface area contributed by atoms with Gasteiger partial charge < -0.3 is 10.3 Å². The van der Waals surface area contributed by atoms with Crippen molar-refractivity contribution >= 4 is 51.5 Å². The predicted octanol–water partition coefficient (Wildman–Crippen LogP) is 3.27. The van der Waals surface area contributed by atoms with Crippen LogP contribution in [-0.4, -0.2) is 31.4 Å². The number of imide groups is 1. The number of nitrogens with two attached hydrogens (primary N) is 1. The number of carbonyl (C=O) groups is 3. The zero-order chi connectivity index (χ0) is 22.1. The Labute approximate surface area is 180 Å². The van der Waals surface area contributed by atoms with E-state index in [2.05, 4.69) is 0 Å². The van der Waals surface area contributed by atoms with Crippen LogP contribution >= 0.6 is 11.8 Å². The third-order valence-corrected chi connectivity index (χ3v) is 5.68. The molecule has 0 spiro atoms. The van der Waals surface area contributed by atoms with Gasteiger partial charge in [0.2, 0.25) is 5.91 Å². The first-order valence-corrected chi connectivity index (χ1v) is 10.00. The van der Waals surface area contributed by atoms with Crippen LogP contribution in [0.2, 0.25) is 0 Å². The monoisotopic (exact) mass is 436 g/mol. The van der Waals surface area contributed by atoms with E-state index in [0.29, 0.717) is 11.1 Å². The number of para-hydroxylation sites is 1. The van der Waals surface area contributed by atoms with Gasteiger partial charge in [-0.3, -0.25) is 29.4 Å². The molecule has 3 amide bonds. The molecule has 0 radical (unpaired) electrons. The molecule has 0 aliphatic carbocycles. The second-order valence-electron chi connectivity index (χ2n) is 6.89. The Morgan fingerprint density at radius 3 is 2.68 bits per heavy atom. The van der Waals surface area contributed by atoms with Gasteiger partial charge in [-0.25, -0.2) is 0 Å². The Kier molecular flexibility index (Phi) is 5.30. The van der Waals surface area contributed by atoms with E-state index in [1.165, 1.54) is 18.2 Å². The summed E-state index contributed by atoms with van der Waals surface area (Å²) < 4.78 is 1.69. The topological polar surface area (TPSA) is 129 Å². The molecule has 2 aromatic carbocycles. The van der Waals surface area contributed by atoms with Crippen LogP contribution in [0.4, 0.5) is 10.5 Å². The quantitative estimate of drug-likeness (QED) is 0.359. The van der Waals surface area contributed by atoms with Crippen LogP contribution in [0.15, 0.2) is 59.6 Å². The van der Waals surface area contributed by atoms with Crippen molar-refractivity contribution in [3.8, 4) is 0 Å². The summed E-state index contributed by atoms with van der Waals surface area (Å²) in [5.41, 5.74) is 7.16. The fraction of sp³-hybridized carbons (Fsp3) is 0.0952. The number of aromatic nitrogens is 1. The largest absolute Gasteiger partial charge is 0.368 e. The molecule has 1 fully saturated rings. The third-order valence-electron chi connectivity index (χ3n) is 4.77. The third kappa shape index (κ3) is 4.05. The number of primary amides is 1. The van der Waals surface area contributed by atoms with Gasteiger partial charge in [-0.2, -0.15) is 0 Å². The molecule has 2 N–H and O–H groups in total. The van der Waals surface area contributed by atoms with E-state index in [0.717, 1.165) is 27.6 Å². The number of carbonyl (C=O) groups excluding carboxylic acids is 3. The second kappa shape index (κ2) is 8.07. The van der Waals surface area contributed by atoms with Crippen LogP contribution in [0.25, 0.3) is 17.0 Å². The van der Waals surface area contributed by atoms with Gasteiger partial charge in [-0.1, -0.05) is 30.3 Å². The molecule has 156 valence electrons. The minimum absolute atomic E-state index is 0.0113. The molecule has 1 aliphatic heterocycles. The summed E-state index contributed by atoms with van der Waals surface area (Å²) in [4.78, 5) is 48.4. The van der Waals surface area contributed by atoms with Crippen molar-refractivity contribution in [1.82, 2.24) is 9.47 Å². The van der Waals surface area contributed by atoms with Gasteiger partial charge in [0.25, 0.3) is 16.8 Å². The normalized spacial score (nSPS) is 15.2. The highest BCUT2D eigenvalue weighted by atomic mass is 32.2. The summed E-state index contributed by atoms with van der Waals surface area (Å²) in [5.74, 6) is -0.974. The molecule has 3 aromatic rings. The molecule has 1 saturated heterocycles. The summed E-state index contributed by atoms with van der Waals surface area (Å²) in [6.07, 6.45) is 3.32. The average Bonchev–Trinajstić information content (AvgIpc) is 3.20. The van der Waals surface area contributed by atoms with Crippen LogP contribution < -0.4 is 5.73 Å². The minimum Gasteiger partial charge on any atom is -0.368 e. The predicted molar refractivity (Wildman–Crippen MR) is 116 cm³/mol. The molecule has 1 aliphatic rings. The number of thioether (sulfide) groups is 1. The highest BCUT2D eigenvalue weighted by molar-refractivity contribution is 8.18. The summed E-state index contributed by atoms with van der Waals surface area (Å²) in [7, 11) is 0. The second-order valence-corrected chi connectivity index (χ2v) is 7.88. The molecule has 2 heterocycles. The zero-order valence-corrected chi connectivity index (χ0v) is 16.9. The van der Waals surface area contributed by atoms with Gasteiger partial charge in [0.1, 0.15) is 6.54 Å². The first kappa shape index (κ1) is 20.4. The zero-order valence-electron chi connectivity index (χ0n) is 16.1. The maximum atomic E-state index is 12.9. The summed E-state index contributed by atoms with van der Waals surface area (Å²) in [6.45, 7) is -0.0737. The lowest BCUT2D eigenvalue weighted by Crippen LogP contribution is -2.27. The number of nitro benzene ring substituents is 1. The number of benzene rings is 2. The first-order valence-electron chi connectivity index (χ1n) is 9.18. The van der Waals surface area contributed by atoms with Crippen molar-refractivity contribution < 1.29 is 19.3 Å². The van der Waals surface area contributed by atoms with Gasteiger partial charge in [0.05, 0.1) is 16.4 Å². The van der Waals surface area contributed by atoms with Gasteiger partial charge in [-0.15, -0.1) is 0 Å². The van der Waals surface area contributed by atoms with E-state index in [1.807, 2.05) is 24.3 Å². The minimum atomic E-state index is -0.529. The number of non-ortho nitro benzene ring substituents is 1. The number of hydrogen-bond donors (Lipinski definition) is 1. The van der Waals surface area contributed by atoms with E-state index in [9.17, 15) is 24.5 Å². The Morgan fingerprint density at radius 1 is 1.16 bits per heavy atom. The molecule has 9 nitrogen and oxygen atoms in total. The molecule has 0 atom stereocenters. The molecule has 0 bridgehead atoms. The van der Waals surface area contributed by atoms with Gasteiger partial charge in [0.15, 0.2) is 0 Å². The van der Waals surface area contributed by atoms with E-state index >= 15 is 0 Å². The number of hydrogen-bond acceptors (Lipinski definition) is 6. The number of amides is 3.